The van der Waals surface area contributed by atoms with E-state index < -0.39 is 0 Å². The van der Waals surface area contributed by atoms with Crippen molar-refractivity contribution in [1.29, 1.82) is 0 Å². The van der Waals surface area contributed by atoms with Gasteiger partial charge in [-0.2, -0.15) is 0 Å². The van der Waals surface area contributed by atoms with E-state index in [4.69, 9.17) is 9.47 Å². The van der Waals surface area contributed by atoms with Gasteiger partial charge >= 0.3 is 0 Å². The summed E-state index contributed by atoms with van der Waals surface area (Å²) in [4.78, 5) is 8.20. The zero-order chi connectivity index (χ0) is 11.2. The molecule has 1 aromatic rings. The van der Waals surface area contributed by atoms with Crippen molar-refractivity contribution in [3.63, 3.8) is 0 Å². The number of hydrogen-bond acceptors (Lipinski definition) is 5. The van der Waals surface area contributed by atoms with Crippen LogP contribution in [0.1, 0.15) is 19.8 Å². The zero-order valence-corrected chi connectivity index (χ0v) is 9.48. The first kappa shape index (κ1) is 11.1. The lowest BCUT2D eigenvalue weighted by atomic mass is 10.2. The van der Waals surface area contributed by atoms with Gasteiger partial charge in [0.2, 0.25) is 5.88 Å². The van der Waals surface area contributed by atoms with E-state index >= 15 is 0 Å². The maximum atomic E-state index is 5.77. The molecule has 0 aromatic carbocycles. The summed E-state index contributed by atoms with van der Waals surface area (Å²) < 4.78 is 11.0. The topological polar surface area (TPSA) is 56.3 Å². The van der Waals surface area contributed by atoms with Gasteiger partial charge in [-0.1, -0.05) is 0 Å². The summed E-state index contributed by atoms with van der Waals surface area (Å²) in [5.41, 5.74) is 0. The molecule has 1 N–H and O–H groups in total. The summed E-state index contributed by atoms with van der Waals surface area (Å²) in [7, 11) is 0. The molecule has 0 amide bonds. The first-order valence-corrected chi connectivity index (χ1v) is 5.69. The number of anilines is 1. The Hall–Kier alpha value is -1.36. The Labute approximate surface area is 95.2 Å². The highest BCUT2D eigenvalue weighted by Crippen LogP contribution is 2.17. The maximum absolute atomic E-state index is 5.77. The summed E-state index contributed by atoms with van der Waals surface area (Å²) in [5, 5.41) is 3.13. The third-order valence-corrected chi connectivity index (χ3v) is 2.46. The van der Waals surface area contributed by atoms with Crippen LogP contribution in [-0.2, 0) is 4.74 Å². The fraction of sp³-hybridized carbons (Fsp3) is 0.636. The first-order valence-electron chi connectivity index (χ1n) is 5.69. The molecule has 0 unspecified atom stereocenters. The van der Waals surface area contributed by atoms with Crippen molar-refractivity contribution in [2.45, 2.75) is 25.9 Å². The molecule has 0 atom stereocenters. The van der Waals surface area contributed by atoms with Gasteiger partial charge in [0.25, 0.3) is 0 Å². The molecule has 16 heavy (non-hydrogen) atoms. The molecule has 5 nitrogen and oxygen atoms in total. The molecule has 0 spiro atoms. The van der Waals surface area contributed by atoms with Gasteiger partial charge in [-0.25, -0.2) is 9.97 Å². The molecule has 2 rings (SSSR count). The summed E-state index contributed by atoms with van der Waals surface area (Å²) in [5.74, 6) is 1.44. The van der Waals surface area contributed by atoms with Gasteiger partial charge in [-0.05, 0) is 6.92 Å². The molecule has 1 aliphatic heterocycles. The van der Waals surface area contributed by atoms with Crippen molar-refractivity contribution in [1.82, 2.24) is 9.97 Å². The molecule has 0 saturated carbocycles. The average molecular weight is 223 g/mol. The first-order chi connectivity index (χ1) is 7.88. The van der Waals surface area contributed by atoms with E-state index in [-0.39, 0.29) is 6.10 Å². The standard InChI is InChI=1S/C11H17N3O2/c1-2-12-10-7-11(14-8-13-10)16-9-3-5-15-6-4-9/h7-9H,2-6H2,1H3,(H,12,13,14). The van der Waals surface area contributed by atoms with E-state index in [0.717, 1.165) is 38.4 Å². The fourth-order valence-corrected chi connectivity index (χ4v) is 1.65. The quantitative estimate of drug-likeness (QED) is 0.837. The fourth-order valence-electron chi connectivity index (χ4n) is 1.65. The Morgan fingerprint density at radius 2 is 2.25 bits per heavy atom. The third-order valence-electron chi connectivity index (χ3n) is 2.46. The molecule has 1 aromatic heterocycles. The number of nitrogens with one attached hydrogen (secondary N) is 1. The highest BCUT2D eigenvalue weighted by molar-refractivity contribution is 5.36. The molecule has 1 saturated heterocycles. The van der Waals surface area contributed by atoms with Gasteiger partial charge in [-0.3, -0.25) is 0 Å². The van der Waals surface area contributed by atoms with Crippen LogP contribution in [0.4, 0.5) is 5.82 Å². The largest absolute Gasteiger partial charge is 0.474 e. The van der Waals surface area contributed by atoms with E-state index in [1.807, 2.05) is 13.0 Å². The molecule has 5 heteroatoms. The van der Waals surface area contributed by atoms with Crippen molar-refractivity contribution in [3.8, 4) is 5.88 Å². The summed E-state index contributed by atoms with van der Waals surface area (Å²) in [6.45, 7) is 4.42. The van der Waals surface area contributed by atoms with Crippen LogP contribution in [0.3, 0.4) is 0 Å². The molecule has 1 fully saturated rings. The predicted octanol–water partition coefficient (Wildman–Crippen LogP) is 1.47. The maximum Gasteiger partial charge on any atom is 0.218 e. The van der Waals surface area contributed by atoms with Crippen LogP contribution < -0.4 is 10.1 Å². The smallest absolute Gasteiger partial charge is 0.218 e. The van der Waals surface area contributed by atoms with E-state index in [1.165, 1.54) is 6.33 Å². The minimum Gasteiger partial charge on any atom is -0.474 e. The third kappa shape index (κ3) is 3.06. The Morgan fingerprint density at radius 1 is 1.44 bits per heavy atom. The van der Waals surface area contributed by atoms with Gasteiger partial charge in [0.15, 0.2) is 0 Å². The lowest BCUT2D eigenvalue weighted by Crippen LogP contribution is -2.26. The minimum atomic E-state index is 0.220. The Morgan fingerprint density at radius 3 is 3.00 bits per heavy atom. The van der Waals surface area contributed by atoms with Crippen molar-refractivity contribution in [2.75, 3.05) is 25.1 Å². The van der Waals surface area contributed by atoms with Crippen LogP contribution in [0.25, 0.3) is 0 Å². The predicted molar refractivity (Wildman–Crippen MR) is 60.7 cm³/mol. The molecule has 0 bridgehead atoms. The van der Waals surface area contributed by atoms with Crippen molar-refractivity contribution in [3.05, 3.63) is 12.4 Å². The average Bonchev–Trinajstić information content (AvgIpc) is 2.31. The van der Waals surface area contributed by atoms with Crippen LogP contribution in [0, 0.1) is 0 Å². The van der Waals surface area contributed by atoms with Crippen LogP contribution in [0.15, 0.2) is 12.4 Å². The summed E-state index contributed by atoms with van der Waals surface area (Å²) in [6, 6.07) is 1.83. The molecule has 0 radical (unpaired) electrons. The SMILES string of the molecule is CCNc1cc(OC2CCOCC2)ncn1. The number of nitrogens with zero attached hydrogens (tertiary/aromatic N) is 2. The molecule has 0 aliphatic carbocycles. The molecule has 2 heterocycles. The van der Waals surface area contributed by atoms with Gasteiger partial charge in [0, 0.05) is 25.5 Å². The van der Waals surface area contributed by atoms with E-state index in [9.17, 15) is 0 Å². The number of hydrogen-bond donors (Lipinski definition) is 1. The van der Waals surface area contributed by atoms with Gasteiger partial charge < -0.3 is 14.8 Å². The number of aromatic nitrogens is 2. The molecule has 88 valence electrons. The Bertz CT molecular complexity index is 327. The second-order valence-electron chi connectivity index (χ2n) is 3.70. The molecular formula is C11H17N3O2. The van der Waals surface area contributed by atoms with E-state index in [2.05, 4.69) is 15.3 Å². The molecular weight excluding hydrogens is 206 g/mol. The van der Waals surface area contributed by atoms with Crippen molar-refractivity contribution in [2.24, 2.45) is 0 Å². The second kappa shape index (κ2) is 5.65. The van der Waals surface area contributed by atoms with E-state index in [0.29, 0.717) is 5.88 Å². The highest BCUT2D eigenvalue weighted by atomic mass is 16.5. The van der Waals surface area contributed by atoms with Gasteiger partial charge in [0.05, 0.1) is 13.2 Å². The lowest BCUT2D eigenvalue weighted by Gasteiger charge is -2.22. The Balaban J connectivity index is 1.94. The number of ether oxygens (including phenoxy) is 2. The zero-order valence-electron chi connectivity index (χ0n) is 9.48. The monoisotopic (exact) mass is 223 g/mol. The van der Waals surface area contributed by atoms with E-state index in [1.54, 1.807) is 0 Å². The highest BCUT2D eigenvalue weighted by Gasteiger charge is 2.15. The molecule has 1 aliphatic rings. The van der Waals surface area contributed by atoms with Crippen LogP contribution >= 0.6 is 0 Å². The van der Waals surface area contributed by atoms with Crippen LogP contribution in [-0.4, -0.2) is 35.8 Å². The Kier molecular flexibility index (Phi) is 3.93. The summed E-state index contributed by atoms with van der Waals surface area (Å²) in [6.07, 6.45) is 3.60. The van der Waals surface area contributed by atoms with Crippen LogP contribution in [0.2, 0.25) is 0 Å². The van der Waals surface area contributed by atoms with Crippen molar-refractivity contribution < 1.29 is 9.47 Å². The van der Waals surface area contributed by atoms with Gasteiger partial charge in [0.1, 0.15) is 18.2 Å². The normalized spacial score (nSPS) is 17.1. The lowest BCUT2D eigenvalue weighted by molar-refractivity contribution is 0.0237. The van der Waals surface area contributed by atoms with Gasteiger partial charge in [-0.15, -0.1) is 0 Å². The number of rotatable bonds is 4. The summed E-state index contributed by atoms with van der Waals surface area (Å²) >= 11 is 0. The second-order valence-corrected chi connectivity index (χ2v) is 3.70. The van der Waals surface area contributed by atoms with Crippen LogP contribution in [0.5, 0.6) is 5.88 Å². The minimum absolute atomic E-state index is 0.220. The van der Waals surface area contributed by atoms with Crippen molar-refractivity contribution >= 4 is 5.82 Å².